The molecular formula is C26H28F3N7O2S. The quantitative estimate of drug-likeness (QED) is 0.219. The van der Waals surface area contributed by atoms with Crippen molar-refractivity contribution in [3.63, 3.8) is 0 Å². The summed E-state index contributed by atoms with van der Waals surface area (Å²) in [6.45, 7) is 4.03. The van der Waals surface area contributed by atoms with Gasteiger partial charge in [-0.25, -0.2) is 22.8 Å². The molecule has 2 aromatic heterocycles. The number of hydrogen-bond donors (Lipinski definition) is 1. The molecule has 39 heavy (non-hydrogen) atoms. The van der Waals surface area contributed by atoms with E-state index in [4.69, 9.17) is 4.42 Å². The largest absolute Gasteiger partial charge is 0.411 e. The third-order valence-electron chi connectivity index (χ3n) is 6.61. The SMILES string of the molecule is OC(CN1CCN(CCCSc2nnc(-c3ccc(F)cc3)o2)CC1)(Cn1cncn1)c1ccc(F)cc1F. The first-order chi connectivity index (χ1) is 18.9. The van der Waals surface area contributed by atoms with Crippen LogP contribution < -0.4 is 0 Å². The van der Waals surface area contributed by atoms with Crippen molar-refractivity contribution in [1.82, 2.24) is 34.8 Å². The van der Waals surface area contributed by atoms with Crippen LogP contribution in [0.4, 0.5) is 13.2 Å². The third kappa shape index (κ3) is 7.04. The average Bonchev–Trinajstić information content (AvgIpc) is 3.60. The lowest BCUT2D eigenvalue weighted by atomic mass is 9.92. The highest BCUT2D eigenvalue weighted by Gasteiger charge is 2.36. The van der Waals surface area contributed by atoms with Crippen LogP contribution in [0.2, 0.25) is 0 Å². The molecule has 1 atom stereocenters. The molecule has 1 aliphatic rings. The van der Waals surface area contributed by atoms with Crippen molar-refractivity contribution < 1.29 is 22.7 Å². The van der Waals surface area contributed by atoms with Crippen molar-refractivity contribution in [2.75, 3.05) is 45.0 Å². The predicted octanol–water partition coefficient (Wildman–Crippen LogP) is 3.43. The number of aliphatic hydroxyl groups is 1. The number of piperazine rings is 1. The number of halogens is 3. The molecule has 0 amide bonds. The molecule has 0 spiro atoms. The van der Waals surface area contributed by atoms with Crippen LogP contribution in [0, 0.1) is 17.5 Å². The lowest BCUT2D eigenvalue weighted by molar-refractivity contribution is -0.0317. The summed E-state index contributed by atoms with van der Waals surface area (Å²) in [6, 6.07) is 9.13. The van der Waals surface area contributed by atoms with Crippen molar-refractivity contribution in [2.45, 2.75) is 23.8 Å². The van der Waals surface area contributed by atoms with E-state index in [2.05, 4.69) is 30.1 Å². The van der Waals surface area contributed by atoms with Gasteiger partial charge in [-0.2, -0.15) is 5.10 Å². The van der Waals surface area contributed by atoms with E-state index >= 15 is 0 Å². The molecule has 13 heteroatoms. The molecule has 0 aliphatic carbocycles. The number of nitrogens with zero attached hydrogens (tertiary/aromatic N) is 7. The normalized spacial score (nSPS) is 16.4. The summed E-state index contributed by atoms with van der Waals surface area (Å²) in [5.74, 6) is -0.651. The van der Waals surface area contributed by atoms with Crippen LogP contribution in [-0.2, 0) is 12.1 Å². The fraction of sp³-hybridized carbons (Fsp3) is 0.385. The Morgan fingerprint density at radius 2 is 1.67 bits per heavy atom. The van der Waals surface area contributed by atoms with E-state index in [0.717, 1.165) is 43.9 Å². The summed E-state index contributed by atoms with van der Waals surface area (Å²) in [5, 5.41) is 24.2. The fourth-order valence-electron chi connectivity index (χ4n) is 4.64. The highest BCUT2D eigenvalue weighted by atomic mass is 32.2. The number of hydrogen-bond acceptors (Lipinski definition) is 9. The van der Waals surface area contributed by atoms with E-state index in [1.165, 1.54) is 47.3 Å². The molecular weight excluding hydrogens is 531 g/mol. The predicted molar refractivity (Wildman–Crippen MR) is 138 cm³/mol. The maximum absolute atomic E-state index is 14.7. The minimum Gasteiger partial charge on any atom is -0.411 e. The molecule has 1 saturated heterocycles. The Morgan fingerprint density at radius 3 is 2.38 bits per heavy atom. The summed E-state index contributed by atoms with van der Waals surface area (Å²) < 4.78 is 48.4. The van der Waals surface area contributed by atoms with Crippen LogP contribution in [0.5, 0.6) is 0 Å². The zero-order valence-corrected chi connectivity index (χ0v) is 21.9. The second kappa shape index (κ2) is 12.3. The number of rotatable bonds is 11. The van der Waals surface area contributed by atoms with Gasteiger partial charge in [-0.3, -0.25) is 4.90 Å². The van der Waals surface area contributed by atoms with Gasteiger partial charge in [-0.1, -0.05) is 17.8 Å². The van der Waals surface area contributed by atoms with Crippen LogP contribution in [-0.4, -0.2) is 84.9 Å². The standard InChI is InChI=1S/C26H28F3N7O2S/c27-20-4-2-19(3-5-20)24-32-33-25(38-24)39-13-1-8-34-9-11-35(12-10-34)15-26(37,16-36-18-30-17-31-36)22-7-6-21(28)14-23(22)29/h2-7,14,17-18,37H,1,8-13,15-16H2. The topological polar surface area (TPSA) is 96.3 Å². The first-order valence-electron chi connectivity index (χ1n) is 12.6. The molecule has 1 N–H and O–H groups in total. The van der Waals surface area contributed by atoms with Crippen molar-refractivity contribution in [2.24, 2.45) is 0 Å². The second-order valence-corrected chi connectivity index (χ2v) is 10.5. The molecule has 206 valence electrons. The molecule has 5 rings (SSSR count). The van der Waals surface area contributed by atoms with Crippen molar-refractivity contribution in [3.05, 3.63) is 78.1 Å². The average molecular weight is 560 g/mol. The fourth-order valence-corrected chi connectivity index (χ4v) is 5.32. The number of β-amino-alcohol motifs (C(OH)–C–C–N with tert-alkyl or cyclic N) is 1. The van der Waals surface area contributed by atoms with Gasteiger partial charge >= 0.3 is 0 Å². The lowest BCUT2D eigenvalue weighted by Crippen LogP contribution is -2.52. The molecule has 1 unspecified atom stereocenters. The highest BCUT2D eigenvalue weighted by molar-refractivity contribution is 7.99. The van der Waals surface area contributed by atoms with Crippen LogP contribution in [0.15, 0.2) is 64.8 Å². The maximum atomic E-state index is 14.7. The molecule has 4 aromatic rings. The zero-order chi connectivity index (χ0) is 27.2. The molecule has 1 aliphatic heterocycles. The van der Waals surface area contributed by atoms with Crippen LogP contribution >= 0.6 is 11.8 Å². The van der Waals surface area contributed by atoms with E-state index in [1.807, 2.05) is 0 Å². The van der Waals surface area contributed by atoms with Gasteiger partial charge in [0, 0.05) is 55.7 Å². The van der Waals surface area contributed by atoms with Gasteiger partial charge in [-0.15, -0.1) is 10.2 Å². The van der Waals surface area contributed by atoms with Crippen LogP contribution in [0.3, 0.4) is 0 Å². The minimum absolute atomic E-state index is 0.00840. The zero-order valence-electron chi connectivity index (χ0n) is 21.1. The molecule has 9 nitrogen and oxygen atoms in total. The summed E-state index contributed by atoms with van der Waals surface area (Å²) in [6.07, 6.45) is 3.72. The van der Waals surface area contributed by atoms with Gasteiger partial charge in [0.2, 0.25) is 5.89 Å². The van der Waals surface area contributed by atoms with E-state index in [0.29, 0.717) is 29.8 Å². The Balaban J connectivity index is 1.09. The second-order valence-electron chi connectivity index (χ2n) is 9.45. The number of thioether (sulfide) groups is 1. The van der Waals surface area contributed by atoms with Gasteiger partial charge in [0.05, 0.1) is 6.54 Å². The Labute approximate surface area is 227 Å². The number of aromatic nitrogens is 5. The van der Waals surface area contributed by atoms with E-state index in [1.54, 1.807) is 12.1 Å². The van der Waals surface area contributed by atoms with Gasteiger partial charge in [0.25, 0.3) is 5.22 Å². The summed E-state index contributed by atoms with van der Waals surface area (Å²) in [7, 11) is 0. The molecule has 2 aromatic carbocycles. The molecule has 3 heterocycles. The highest BCUT2D eigenvalue weighted by Crippen LogP contribution is 2.28. The third-order valence-corrected chi connectivity index (χ3v) is 7.52. The van der Waals surface area contributed by atoms with Crippen molar-refractivity contribution >= 4 is 11.8 Å². The molecule has 1 fully saturated rings. The van der Waals surface area contributed by atoms with E-state index in [9.17, 15) is 18.3 Å². The smallest absolute Gasteiger partial charge is 0.276 e. The first-order valence-corrected chi connectivity index (χ1v) is 13.5. The van der Waals surface area contributed by atoms with Crippen LogP contribution in [0.25, 0.3) is 11.5 Å². The van der Waals surface area contributed by atoms with E-state index < -0.39 is 17.2 Å². The Hall–Kier alpha value is -3.26. The molecule has 0 saturated carbocycles. The summed E-state index contributed by atoms with van der Waals surface area (Å²) >= 11 is 1.48. The molecule has 0 bridgehead atoms. The van der Waals surface area contributed by atoms with Crippen molar-refractivity contribution in [3.8, 4) is 11.5 Å². The van der Waals surface area contributed by atoms with E-state index in [-0.39, 0.29) is 24.5 Å². The van der Waals surface area contributed by atoms with Gasteiger partial charge in [-0.05, 0) is 43.3 Å². The summed E-state index contributed by atoms with van der Waals surface area (Å²) in [5.41, 5.74) is -0.910. The lowest BCUT2D eigenvalue weighted by Gasteiger charge is -2.39. The van der Waals surface area contributed by atoms with Gasteiger partial charge in [0.1, 0.15) is 35.7 Å². The molecule has 0 radical (unpaired) electrons. The Bertz CT molecular complexity index is 1350. The van der Waals surface area contributed by atoms with Crippen molar-refractivity contribution in [1.29, 1.82) is 0 Å². The Morgan fingerprint density at radius 1 is 0.923 bits per heavy atom. The number of benzene rings is 2. The monoisotopic (exact) mass is 559 g/mol. The Kier molecular flexibility index (Phi) is 8.60. The first kappa shape index (κ1) is 27.3. The summed E-state index contributed by atoms with van der Waals surface area (Å²) in [4.78, 5) is 8.33. The van der Waals surface area contributed by atoms with Crippen LogP contribution in [0.1, 0.15) is 12.0 Å². The maximum Gasteiger partial charge on any atom is 0.276 e. The van der Waals surface area contributed by atoms with Gasteiger partial charge < -0.3 is 14.4 Å². The van der Waals surface area contributed by atoms with Gasteiger partial charge in [0.15, 0.2) is 0 Å². The minimum atomic E-state index is -1.61.